The van der Waals surface area contributed by atoms with Gasteiger partial charge in [0.25, 0.3) is 0 Å². The van der Waals surface area contributed by atoms with Gasteiger partial charge in [-0.25, -0.2) is 19.2 Å². The third kappa shape index (κ3) is 1.93. The standard InChI is InChI=1S/C10H10F2N4/c11-7-2-1-6(5-8(7)12)9(16-13)10-14-3-4-15-10/h1-5,9,16H,13H2,(H,14,15). The minimum atomic E-state index is -0.913. The van der Waals surface area contributed by atoms with Gasteiger partial charge in [0.2, 0.25) is 0 Å². The highest BCUT2D eigenvalue weighted by atomic mass is 19.2. The number of imidazole rings is 1. The second kappa shape index (κ2) is 4.38. The first-order valence-electron chi connectivity index (χ1n) is 4.62. The lowest BCUT2D eigenvalue weighted by Gasteiger charge is -2.13. The van der Waals surface area contributed by atoms with Crippen LogP contribution in [-0.2, 0) is 0 Å². The van der Waals surface area contributed by atoms with Gasteiger partial charge >= 0.3 is 0 Å². The van der Waals surface area contributed by atoms with Gasteiger partial charge < -0.3 is 4.98 Å². The molecule has 84 valence electrons. The predicted octanol–water partition coefficient (Wildman–Crippen LogP) is 1.24. The van der Waals surface area contributed by atoms with E-state index >= 15 is 0 Å². The lowest BCUT2D eigenvalue weighted by molar-refractivity contribution is 0.503. The van der Waals surface area contributed by atoms with Crippen LogP contribution < -0.4 is 11.3 Å². The first-order chi connectivity index (χ1) is 7.72. The summed E-state index contributed by atoms with van der Waals surface area (Å²) in [7, 11) is 0. The van der Waals surface area contributed by atoms with E-state index < -0.39 is 17.7 Å². The van der Waals surface area contributed by atoms with E-state index in [9.17, 15) is 8.78 Å². The zero-order chi connectivity index (χ0) is 11.5. The van der Waals surface area contributed by atoms with Crippen molar-refractivity contribution in [3.63, 3.8) is 0 Å². The van der Waals surface area contributed by atoms with Crippen LogP contribution in [-0.4, -0.2) is 9.97 Å². The molecule has 0 bridgehead atoms. The summed E-state index contributed by atoms with van der Waals surface area (Å²) in [4.78, 5) is 6.85. The van der Waals surface area contributed by atoms with E-state index in [0.29, 0.717) is 11.4 Å². The predicted molar refractivity (Wildman–Crippen MR) is 54.1 cm³/mol. The Kier molecular flexibility index (Phi) is 2.93. The number of nitrogens with two attached hydrogens (primary N) is 1. The van der Waals surface area contributed by atoms with Gasteiger partial charge in [-0.15, -0.1) is 0 Å². The number of nitrogens with one attached hydrogen (secondary N) is 2. The lowest BCUT2D eigenvalue weighted by Crippen LogP contribution is -2.29. The van der Waals surface area contributed by atoms with Gasteiger partial charge in [-0.3, -0.25) is 5.84 Å². The molecule has 0 fully saturated rings. The molecule has 16 heavy (non-hydrogen) atoms. The molecule has 0 radical (unpaired) electrons. The molecule has 6 heteroatoms. The summed E-state index contributed by atoms with van der Waals surface area (Å²) < 4.78 is 25.8. The molecule has 0 saturated heterocycles. The van der Waals surface area contributed by atoms with E-state index in [1.165, 1.54) is 6.07 Å². The average Bonchev–Trinajstić information content (AvgIpc) is 2.78. The van der Waals surface area contributed by atoms with E-state index in [-0.39, 0.29) is 0 Å². The van der Waals surface area contributed by atoms with Gasteiger partial charge in [-0.05, 0) is 17.7 Å². The Morgan fingerprint density at radius 2 is 2.12 bits per heavy atom. The van der Waals surface area contributed by atoms with Crippen LogP contribution in [0, 0.1) is 11.6 Å². The number of hydrogen-bond donors (Lipinski definition) is 3. The van der Waals surface area contributed by atoms with Crippen molar-refractivity contribution < 1.29 is 8.78 Å². The van der Waals surface area contributed by atoms with Crippen LogP contribution in [0.15, 0.2) is 30.6 Å². The van der Waals surface area contributed by atoms with E-state index in [4.69, 9.17) is 5.84 Å². The Hall–Kier alpha value is -1.79. The zero-order valence-corrected chi connectivity index (χ0v) is 8.24. The molecular formula is C10H10F2N4. The summed E-state index contributed by atoms with van der Waals surface area (Å²) in [6.07, 6.45) is 3.18. The highest BCUT2D eigenvalue weighted by Crippen LogP contribution is 2.19. The van der Waals surface area contributed by atoms with E-state index in [2.05, 4.69) is 15.4 Å². The second-order valence-corrected chi connectivity index (χ2v) is 3.25. The number of hydrogen-bond acceptors (Lipinski definition) is 3. The van der Waals surface area contributed by atoms with Crippen molar-refractivity contribution in [2.45, 2.75) is 6.04 Å². The van der Waals surface area contributed by atoms with Crippen LogP contribution in [0.2, 0.25) is 0 Å². The third-order valence-corrected chi connectivity index (χ3v) is 2.24. The molecule has 0 aliphatic heterocycles. The first kappa shape index (κ1) is 10.7. The SMILES string of the molecule is NNC(c1ccc(F)c(F)c1)c1ncc[nH]1. The fourth-order valence-electron chi connectivity index (χ4n) is 1.46. The maximum atomic E-state index is 13.0. The van der Waals surface area contributed by atoms with Crippen molar-refractivity contribution in [1.29, 1.82) is 0 Å². The van der Waals surface area contributed by atoms with E-state index in [0.717, 1.165) is 12.1 Å². The molecule has 0 spiro atoms. The first-order valence-corrected chi connectivity index (χ1v) is 4.62. The molecule has 1 unspecified atom stereocenters. The van der Waals surface area contributed by atoms with E-state index in [1.807, 2.05) is 0 Å². The second-order valence-electron chi connectivity index (χ2n) is 3.25. The zero-order valence-electron chi connectivity index (χ0n) is 8.24. The monoisotopic (exact) mass is 224 g/mol. The Morgan fingerprint density at radius 1 is 1.31 bits per heavy atom. The Labute approximate surface area is 90.5 Å². The molecule has 0 aliphatic carbocycles. The summed E-state index contributed by atoms with van der Waals surface area (Å²) in [6, 6.07) is 3.09. The molecule has 2 aromatic rings. The number of H-pyrrole nitrogens is 1. The van der Waals surface area contributed by atoms with E-state index in [1.54, 1.807) is 12.4 Å². The van der Waals surface area contributed by atoms with Crippen molar-refractivity contribution in [2.24, 2.45) is 5.84 Å². The molecule has 0 amide bonds. The van der Waals surface area contributed by atoms with Gasteiger partial charge in [-0.2, -0.15) is 0 Å². The fraction of sp³-hybridized carbons (Fsp3) is 0.100. The van der Waals surface area contributed by atoms with Crippen molar-refractivity contribution in [3.05, 3.63) is 53.6 Å². The van der Waals surface area contributed by atoms with Crippen LogP contribution in [0.1, 0.15) is 17.4 Å². The summed E-state index contributed by atoms with van der Waals surface area (Å²) in [6.45, 7) is 0. The van der Waals surface area contributed by atoms with Crippen LogP contribution >= 0.6 is 0 Å². The molecule has 0 aliphatic rings. The smallest absolute Gasteiger partial charge is 0.159 e. The maximum absolute atomic E-state index is 13.0. The number of aromatic amines is 1. The van der Waals surface area contributed by atoms with Crippen molar-refractivity contribution in [3.8, 4) is 0 Å². The van der Waals surface area contributed by atoms with Crippen molar-refractivity contribution in [1.82, 2.24) is 15.4 Å². The molecule has 0 saturated carbocycles. The fourth-order valence-corrected chi connectivity index (χ4v) is 1.46. The molecule has 1 aromatic heterocycles. The van der Waals surface area contributed by atoms with Gasteiger partial charge in [0.15, 0.2) is 11.6 Å². The normalized spacial score (nSPS) is 12.7. The number of aromatic nitrogens is 2. The van der Waals surface area contributed by atoms with Crippen LogP contribution in [0.3, 0.4) is 0 Å². The van der Waals surface area contributed by atoms with Gasteiger partial charge in [-0.1, -0.05) is 6.07 Å². The average molecular weight is 224 g/mol. The summed E-state index contributed by atoms with van der Waals surface area (Å²) in [5, 5.41) is 0. The highest BCUT2D eigenvalue weighted by molar-refractivity contribution is 5.25. The van der Waals surface area contributed by atoms with Crippen molar-refractivity contribution >= 4 is 0 Å². The quantitative estimate of drug-likeness (QED) is 0.542. The minimum Gasteiger partial charge on any atom is -0.347 e. The topological polar surface area (TPSA) is 66.7 Å². The molecular weight excluding hydrogens is 214 g/mol. The highest BCUT2D eigenvalue weighted by Gasteiger charge is 2.16. The lowest BCUT2D eigenvalue weighted by atomic mass is 10.1. The number of nitrogens with zero attached hydrogens (tertiary/aromatic N) is 1. The van der Waals surface area contributed by atoms with Crippen LogP contribution in [0.25, 0.3) is 0 Å². The van der Waals surface area contributed by atoms with Gasteiger partial charge in [0.1, 0.15) is 11.9 Å². The number of halogens is 2. The molecule has 1 aromatic carbocycles. The van der Waals surface area contributed by atoms with Crippen molar-refractivity contribution in [2.75, 3.05) is 0 Å². The molecule has 2 rings (SSSR count). The molecule has 4 N–H and O–H groups in total. The largest absolute Gasteiger partial charge is 0.347 e. The molecule has 4 nitrogen and oxygen atoms in total. The number of benzene rings is 1. The molecule has 1 atom stereocenters. The summed E-state index contributed by atoms with van der Waals surface area (Å²) in [5.41, 5.74) is 2.98. The Bertz CT molecular complexity index is 470. The Balaban J connectivity index is 2.37. The number of rotatable bonds is 3. The van der Waals surface area contributed by atoms with Gasteiger partial charge in [0, 0.05) is 12.4 Å². The third-order valence-electron chi connectivity index (χ3n) is 2.24. The van der Waals surface area contributed by atoms with Gasteiger partial charge in [0.05, 0.1) is 0 Å². The number of hydrazine groups is 1. The summed E-state index contributed by atoms with van der Waals surface area (Å²) >= 11 is 0. The molecule has 1 heterocycles. The van der Waals surface area contributed by atoms with Crippen LogP contribution in [0.5, 0.6) is 0 Å². The summed E-state index contributed by atoms with van der Waals surface area (Å²) in [5.74, 6) is 4.09. The van der Waals surface area contributed by atoms with Crippen LogP contribution in [0.4, 0.5) is 8.78 Å². The Morgan fingerprint density at radius 3 is 2.69 bits per heavy atom. The minimum absolute atomic E-state index is 0.495. The maximum Gasteiger partial charge on any atom is 0.159 e.